The number of phenols is 1. The number of hydrogen-bond acceptors (Lipinski definition) is 7. The summed E-state index contributed by atoms with van der Waals surface area (Å²) < 4.78 is 7.38. The number of azo groups is 1. The summed E-state index contributed by atoms with van der Waals surface area (Å²) >= 11 is 25.6. The fourth-order valence-corrected chi connectivity index (χ4v) is 6.76. The minimum Gasteiger partial charge on any atom is -0.508 e. The summed E-state index contributed by atoms with van der Waals surface area (Å²) in [6.45, 7) is 13.7. The van der Waals surface area contributed by atoms with Gasteiger partial charge in [-0.3, -0.25) is 14.7 Å². The summed E-state index contributed by atoms with van der Waals surface area (Å²) in [5, 5.41) is 27.8. The van der Waals surface area contributed by atoms with Crippen molar-refractivity contribution in [2.45, 2.75) is 78.1 Å². The summed E-state index contributed by atoms with van der Waals surface area (Å²) in [6, 6.07) is 20.3. The second kappa shape index (κ2) is 17.5. The van der Waals surface area contributed by atoms with Crippen molar-refractivity contribution < 1.29 is 14.6 Å². The number of rotatable bonds is 15. The zero-order valence-corrected chi connectivity index (χ0v) is 34.5. The van der Waals surface area contributed by atoms with E-state index < -0.39 is 5.56 Å². The lowest BCUT2D eigenvalue weighted by Gasteiger charge is -2.30. The number of hydrogen-bond donors (Lipinski definition) is 4. The predicted molar refractivity (Wildman–Crippen MR) is 225 cm³/mol. The van der Waals surface area contributed by atoms with E-state index in [4.69, 9.17) is 51.1 Å². The molecule has 0 bridgehead atoms. The van der Waals surface area contributed by atoms with E-state index in [1.807, 2.05) is 0 Å². The molecule has 290 valence electrons. The van der Waals surface area contributed by atoms with Gasteiger partial charge in [0.05, 0.1) is 33.0 Å². The number of aromatic hydroxyl groups is 1. The summed E-state index contributed by atoms with van der Waals surface area (Å²) in [5.41, 5.74) is 3.01. The Hall–Kier alpha value is -4.48. The van der Waals surface area contributed by atoms with Gasteiger partial charge in [0.2, 0.25) is 5.91 Å². The number of carbonyl (C=O) groups excluding carboxylic acids is 1. The molecule has 0 fully saturated rings. The Morgan fingerprint density at radius 2 is 1.53 bits per heavy atom. The molecule has 0 saturated carbocycles. The van der Waals surface area contributed by atoms with Crippen LogP contribution in [-0.4, -0.2) is 27.4 Å². The molecule has 0 radical (unpaired) electrons. The Morgan fingerprint density at radius 3 is 2.18 bits per heavy atom. The minimum atomic E-state index is -0.634. The smallest absolute Gasteiger partial charge is 0.301 e. The third-order valence-electron chi connectivity index (χ3n) is 9.76. The lowest BCUT2D eigenvalue weighted by atomic mass is 9.76. The zero-order chi connectivity index (χ0) is 40.1. The van der Waals surface area contributed by atoms with Crippen LogP contribution in [-0.2, 0) is 15.6 Å². The van der Waals surface area contributed by atoms with Gasteiger partial charge in [0.15, 0.2) is 11.5 Å². The predicted octanol–water partition coefficient (Wildman–Crippen LogP) is 12.8. The van der Waals surface area contributed by atoms with Crippen LogP contribution in [0.2, 0.25) is 20.1 Å². The Kier molecular flexibility index (Phi) is 13.3. The van der Waals surface area contributed by atoms with Gasteiger partial charge in [-0.1, -0.05) is 100 Å². The van der Waals surface area contributed by atoms with Crippen molar-refractivity contribution in [2.75, 3.05) is 17.2 Å². The third kappa shape index (κ3) is 10.0. The monoisotopic (exact) mass is 824 g/mol. The molecule has 1 aromatic heterocycles. The molecule has 1 heterocycles. The van der Waals surface area contributed by atoms with Gasteiger partial charge in [-0.05, 0) is 96.3 Å². The molecule has 0 aliphatic heterocycles. The van der Waals surface area contributed by atoms with Crippen molar-refractivity contribution in [3.8, 4) is 17.2 Å². The lowest BCUT2D eigenvalue weighted by Crippen LogP contribution is -2.21. The summed E-state index contributed by atoms with van der Waals surface area (Å²) in [6.07, 6.45) is 2.70. The van der Waals surface area contributed by atoms with Crippen LogP contribution in [0.4, 0.5) is 28.6 Å². The van der Waals surface area contributed by atoms with Crippen LogP contribution in [0, 0.1) is 0 Å². The number of nitrogens with one attached hydrogen (secondary N) is 3. The van der Waals surface area contributed by atoms with E-state index in [9.17, 15) is 14.7 Å². The number of anilines is 3. The molecule has 10 nitrogen and oxygen atoms in total. The maximum Gasteiger partial charge on any atom is 0.301 e. The largest absolute Gasteiger partial charge is 0.508 e. The Bertz CT molecular complexity index is 2240. The van der Waals surface area contributed by atoms with Gasteiger partial charge < -0.3 is 20.5 Å². The van der Waals surface area contributed by atoms with Crippen molar-refractivity contribution in [2.24, 2.45) is 10.2 Å². The second-order valence-corrected chi connectivity index (χ2v) is 16.1. The molecular formula is C41H44Cl4N6O4. The van der Waals surface area contributed by atoms with Crippen LogP contribution in [0.25, 0.3) is 5.69 Å². The standard InChI is InChI=1S/C41H44Cl4N6O4/c1-7-40(3,4)24-11-18-34(29(20-24)41(5,6)8-2)55-19-9-10-35(53)46-27-14-17-30(43)33(23-27)47-38-36(49-48-26-12-15-28(52)16-13-26)39(54)51(50-38)37-31(44)21-25(42)22-32(37)45/h11-18,20-23,47,50,52H,7-10,19H2,1-6H3,(H,46,53). The van der Waals surface area contributed by atoms with Gasteiger partial charge in [0.25, 0.3) is 0 Å². The van der Waals surface area contributed by atoms with Gasteiger partial charge >= 0.3 is 5.56 Å². The van der Waals surface area contributed by atoms with Gasteiger partial charge in [-0.2, -0.15) is 5.11 Å². The molecule has 5 aromatic rings. The van der Waals surface area contributed by atoms with Gasteiger partial charge in [-0.15, -0.1) is 5.11 Å². The van der Waals surface area contributed by atoms with Crippen molar-refractivity contribution in [3.05, 3.63) is 114 Å². The zero-order valence-electron chi connectivity index (χ0n) is 31.5. The third-order valence-corrected chi connectivity index (χ3v) is 10.9. The topological polar surface area (TPSA) is 133 Å². The van der Waals surface area contributed by atoms with E-state index >= 15 is 0 Å². The number of H-pyrrole nitrogens is 1. The number of phenolic OH excluding ortho intramolecular Hbond substituents is 1. The number of ether oxygens (including phenoxy) is 1. The normalized spacial score (nSPS) is 12.0. The number of carbonyl (C=O) groups is 1. The quantitative estimate of drug-likeness (QED) is 0.0616. The molecule has 0 saturated heterocycles. The highest BCUT2D eigenvalue weighted by atomic mass is 35.5. The van der Waals surface area contributed by atoms with Crippen molar-refractivity contribution in [1.29, 1.82) is 0 Å². The van der Waals surface area contributed by atoms with Crippen LogP contribution in [0.3, 0.4) is 0 Å². The Labute approximate surface area is 340 Å². The molecule has 0 aliphatic rings. The molecule has 0 unspecified atom stereocenters. The Morgan fingerprint density at radius 1 is 0.855 bits per heavy atom. The first-order chi connectivity index (χ1) is 26.0. The molecule has 1 amide bonds. The number of halogens is 4. The van der Waals surface area contributed by atoms with E-state index in [1.165, 1.54) is 47.5 Å². The average molecular weight is 827 g/mol. The maximum atomic E-state index is 13.8. The number of aromatic amines is 1. The molecule has 0 spiro atoms. The van der Waals surface area contributed by atoms with Crippen LogP contribution in [0.15, 0.2) is 87.8 Å². The van der Waals surface area contributed by atoms with E-state index in [0.29, 0.717) is 35.1 Å². The molecule has 0 atom stereocenters. The molecule has 4 N–H and O–H groups in total. The maximum absolute atomic E-state index is 13.8. The number of benzene rings is 4. The van der Waals surface area contributed by atoms with Crippen molar-refractivity contribution in [3.63, 3.8) is 0 Å². The Balaban J connectivity index is 1.32. The fraction of sp³-hybridized carbons (Fsp3) is 0.317. The average Bonchev–Trinajstić information content (AvgIpc) is 3.44. The number of amides is 1. The van der Waals surface area contributed by atoms with Crippen LogP contribution >= 0.6 is 46.4 Å². The molecule has 4 aromatic carbocycles. The van der Waals surface area contributed by atoms with Crippen LogP contribution in [0.1, 0.15) is 78.4 Å². The fourth-order valence-electron chi connectivity index (χ4n) is 5.61. The highest BCUT2D eigenvalue weighted by Gasteiger charge is 2.27. The SMILES string of the molecule is CCC(C)(C)c1ccc(OCCCC(=O)Nc2ccc(Cl)c(Nc3[nH]n(-c4c(Cl)cc(Cl)cc4Cl)c(=O)c3N=Nc3ccc(O)cc3)c2)c(C(C)(C)CC)c1. The molecule has 0 aliphatic carbocycles. The van der Waals surface area contributed by atoms with E-state index in [0.717, 1.165) is 23.3 Å². The van der Waals surface area contributed by atoms with Gasteiger partial charge in [0.1, 0.15) is 17.2 Å². The summed E-state index contributed by atoms with van der Waals surface area (Å²) in [7, 11) is 0. The van der Waals surface area contributed by atoms with Gasteiger partial charge in [0, 0.05) is 22.7 Å². The first-order valence-electron chi connectivity index (χ1n) is 17.9. The number of aromatic nitrogens is 2. The van der Waals surface area contributed by atoms with Crippen LogP contribution < -0.4 is 20.9 Å². The first kappa shape index (κ1) is 41.7. The highest BCUT2D eigenvalue weighted by Crippen LogP contribution is 2.39. The van der Waals surface area contributed by atoms with E-state index in [1.54, 1.807) is 18.2 Å². The van der Waals surface area contributed by atoms with Crippen LogP contribution in [0.5, 0.6) is 11.5 Å². The van der Waals surface area contributed by atoms with Crippen molar-refractivity contribution in [1.82, 2.24) is 9.78 Å². The molecular weight excluding hydrogens is 782 g/mol. The second-order valence-electron chi connectivity index (χ2n) is 14.4. The molecule has 5 rings (SSSR count). The summed E-state index contributed by atoms with van der Waals surface area (Å²) in [5.74, 6) is 0.787. The highest BCUT2D eigenvalue weighted by molar-refractivity contribution is 6.40. The van der Waals surface area contributed by atoms with E-state index in [-0.39, 0.29) is 61.2 Å². The van der Waals surface area contributed by atoms with E-state index in [2.05, 4.69) is 85.7 Å². The summed E-state index contributed by atoms with van der Waals surface area (Å²) in [4.78, 5) is 26.8. The lowest BCUT2D eigenvalue weighted by molar-refractivity contribution is -0.116. The van der Waals surface area contributed by atoms with Crippen molar-refractivity contribution >= 4 is 80.9 Å². The molecule has 14 heteroatoms. The first-order valence-corrected chi connectivity index (χ1v) is 19.4. The minimum absolute atomic E-state index is 0.0506. The number of nitrogens with zero attached hydrogens (tertiary/aromatic N) is 3. The van der Waals surface area contributed by atoms with Gasteiger partial charge in [-0.25, -0.2) is 4.68 Å². The molecule has 55 heavy (non-hydrogen) atoms.